The lowest BCUT2D eigenvalue weighted by Crippen LogP contribution is -2.20. The summed E-state index contributed by atoms with van der Waals surface area (Å²) in [5.74, 6) is -3.42. The molecule has 0 aliphatic rings. The number of hydrogen-bond donors (Lipinski definition) is 1. The molecule has 1 N–H and O–H groups in total. The molecule has 0 saturated carbocycles. The normalized spacial score (nSPS) is 11.9. The third-order valence-electron chi connectivity index (χ3n) is 2.28. The van der Waals surface area contributed by atoms with E-state index in [1.54, 1.807) is 19.2 Å². The van der Waals surface area contributed by atoms with Crippen LogP contribution < -0.4 is 5.32 Å². The van der Waals surface area contributed by atoms with Gasteiger partial charge in [-0.1, -0.05) is 26.0 Å². The van der Waals surface area contributed by atoms with E-state index in [0.717, 1.165) is 5.69 Å². The van der Waals surface area contributed by atoms with Crippen molar-refractivity contribution in [1.82, 2.24) is 0 Å². The fourth-order valence-electron chi connectivity index (χ4n) is 1.19. The zero-order valence-corrected chi connectivity index (χ0v) is 8.64. The number of nitrogens with one attached hydrogen (secondary N) is 1. The van der Waals surface area contributed by atoms with E-state index in [4.69, 9.17) is 0 Å². The van der Waals surface area contributed by atoms with Crippen LogP contribution >= 0.6 is 0 Å². The molecule has 78 valence electrons. The molecule has 0 bridgehead atoms. The third-order valence-corrected chi connectivity index (χ3v) is 2.28. The van der Waals surface area contributed by atoms with Crippen molar-refractivity contribution in [3.05, 3.63) is 29.8 Å². The molecule has 1 nitrogen and oxygen atoms in total. The quantitative estimate of drug-likeness (QED) is 0.785. The molecule has 0 atom stereocenters. The van der Waals surface area contributed by atoms with Crippen LogP contribution in [-0.2, 0) is 5.92 Å². The maximum absolute atomic E-state index is 13.5. The lowest BCUT2D eigenvalue weighted by atomic mass is 9.98. The second kappa shape index (κ2) is 3.95. The van der Waals surface area contributed by atoms with Gasteiger partial charge in [0.25, 0.3) is 5.92 Å². The van der Waals surface area contributed by atoms with Crippen LogP contribution in [0.15, 0.2) is 24.3 Å². The lowest BCUT2D eigenvalue weighted by Gasteiger charge is -2.20. The molecule has 14 heavy (non-hydrogen) atoms. The molecule has 0 aromatic heterocycles. The Morgan fingerprint density at radius 1 is 1.14 bits per heavy atom. The molecule has 0 aliphatic heterocycles. The first-order chi connectivity index (χ1) is 6.48. The molecule has 0 radical (unpaired) electrons. The molecule has 1 aromatic carbocycles. The van der Waals surface area contributed by atoms with Crippen molar-refractivity contribution < 1.29 is 8.78 Å². The largest absolute Gasteiger partial charge is 0.388 e. The van der Waals surface area contributed by atoms with Gasteiger partial charge in [-0.3, -0.25) is 0 Å². The number of alkyl halides is 2. The van der Waals surface area contributed by atoms with E-state index in [2.05, 4.69) is 5.32 Å². The highest BCUT2D eigenvalue weighted by Gasteiger charge is 2.35. The average molecular weight is 199 g/mol. The van der Waals surface area contributed by atoms with Crippen LogP contribution in [0.25, 0.3) is 0 Å². The Hall–Kier alpha value is -1.12. The van der Waals surface area contributed by atoms with Gasteiger partial charge in [-0.05, 0) is 12.1 Å². The van der Waals surface area contributed by atoms with E-state index >= 15 is 0 Å². The first-order valence-corrected chi connectivity index (χ1v) is 4.64. The number of anilines is 1. The number of benzene rings is 1. The van der Waals surface area contributed by atoms with E-state index in [1.165, 1.54) is 26.0 Å². The second-order valence-corrected chi connectivity index (χ2v) is 3.61. The molecule has 0 saturated heterocycles. The minimum atomic E-state index is -2.74. The van der Waals surface area contributed by atoms with Gasteiger partial charge in [0.2, 0.25) is 0 Å². The summed E-state index contributed by atoms with van der Waals surface area (Å²) in [4.78, 5) is 0. The Kier molecular flexibility index (Phi) is 3.09. The maximum Gasteiger partial charge on any atom is 0.275 e. The first kappa shape index (κ1) is 11.0. The number of hydrogen-bond acceptors (Lipinski definition) is 1. The van der Waals surface area contributed by atoms with Crippen LogP contribution in [0.4, 0.5) is 14.5 Å². The Balaban J connectivity index is 2.97. The monoisotopic (exact) mass is 199 g/mol. The summed E-state index contributed by atoms with van der Waals surface area (Å²) in [6.07, 6.45) is 0. The van der Waals surface area contributed by atoms with Gasteiger partial charge in [0.05, 0.1) is 0 Å². The zero-order valence-electron chi connectivity index (χ0n) is 8.64. The van der Waals surface area contributed by atoms with E-state index in [-0.39, 0.29) is 5.56 Å². The fraction of sp³-hybridized carbons (Fsp3) is 0.455. The lowest BCUT2D eigenvalue weighted by molar-refractivity contribution is -0.0513. The van der Waals surface area contributed by atoms with Gasteiger partial charge < -0.3 is 5.32 Å². The van der Waals surface area contributed by atoms with Crippen LogP contribution in [0.2, 0.25) is 0 Å². The Bertz CT molecular complexity index is 291. The summed E-state index contributed by atoms with van der Waals surface area (Å²) in [7, 11) is 1.76. The van der Waals surface area contributed by atoms with Gasteiger partial charge in [-0.15, -0.1) is 0 Å². The Labute approximate surface area is 83.1 Å². The van der Waals surface area contributed by atoms with Crippen LogP contribution in [0.1, 0.15) is 19.4 Å². The fourth-order valence-corrected chi connectivity index (χ4v) is 1.19. The molecule has 0 amide bonds. The van der Waals surface area contributed by atoms with Crippen molar-refractivity contribution in [2.24, 2.45) is 5.92 Å². The maximum atomic E-state index is 13.5. The summed E-state index contributed by atoms with van der Waals surface area (Å²) in [6.45, 7) is 3.04. The first-order valence-electron chi connectivity index (χ1n) is 4.64. The van der Waals surface area contributed by atoms with Crippen LogP contribution in [-0.4, -0.2) is 7.05 Å². The molecule has 1 aromatic rings. The van der Waals surface area contributed by atoms with E-state index in [1.807, 2.05) is 0 Å². The average Bonchev–Trinajstić information content (AvgIpc) is 2.17. The topological polar surface area (TPSA) is 12.0 Å². The predicted octanol–water partition coefficient (Wildman–Crippen LogP) is 3.48. The third kappa shape index (κ3) is 2.03. The molecule has 0 spiro atoms. The number of rotatable bonds is 3. The summed E-state index contributed by atoms with van der Waals surface area (Å²) in [6, 6.07) is 6.24. The van der Waals surface area contributed by atoms with Crippen LogP contribution in [0.5, 0.6) is 0 Å². The van der Waals surface area contributed by atoms with Gasteiger partial charge in [-0.25, -0.2) is 8.78 Å². The molecule has 0 aliphatic carbocycles. The molecular weight excluding hydrogens is 184 g/mol. The summed E-state index contributed by atoms with van der Waals surface area (Å²) in [5, 5.41) is 2.89. The predicted molar refractivity (Wildman–Crippen MR) is 54.7 cm³/mol. The van der Waals surface area contributed by atoms with Gasteiger partial charge in [0.15, 0.2) is 0 Å². The van der Waals surface area contributed by atoms with Gasteiger partial charge >= 0.3 is 0 Å². The molecule has 0 heterocycles. The Morgan fingerprint density at radius 2 is 1.64 bits per heavy atom. The van der Waals surface area contributed by atoms with Crippen molar-refractivity contribution >= 4 is 5.69 Å². The van der Waals surface area contributed by atoms with E-state index in [9.17, 15) is 8.78 Å². The Morgan fingerprint density at radius 3 is 2.00 bits per heavy atom. The van der Waals surface area contributed by atoms with Crippen molar-refractivity contribution in [1.29, 1.82) is 0 Å². The van der Waals surface area contributed by atoms with Crippen LogP contribution in [0, 0.1) is 5.92 Å². The van der Waals surface area contributed by atoms with E-state index < -0.39 is 11.8 Å². The highest BCUT2D eigenvalue weighted by Crippen LogP contribution is 2.35. The summed E-state index contributed by atoms with van der Waals surface area (Å²) < 4.78 is 27.0. The van der Waals surface area contributed by atoms with Gasteiger partial charge in [-0.2, -0.15) is 0 Å². The molecule has 1 rings (SSSR count). The molecule has 3 heteroatoms. The smallest absolute Gasteiger partial charge is 0.275 e. The van der Waals surface area contributed by atoms with Crippen molar-refractivity contribution in [2.75, 3.05) is 12.4 Å². The number of halogens is 2. The van der Waals surface area contributed by atoms with Crippen molar-refractivity contribution in [2.45, 2.75) is 19.8 Å². The van der Waals surface area contributed by atoms with Crippen molar-refractivity contribution in [3.8, 4) is 0 Å². The standard InChI is InChI=1S/C11H15F2N/c1-8(2)11(12,13)9-4-6-10(14-3)7-5-9/h4-8,14H,1-3H3. The zero-order chi connectivity index (χ0) is 10.8. The highest BCUT2D eigenvalue weighted by molar-refractivity contribution is 5.44. The molecular formula is C11H15F2N. The summed E-state index contributed by atoms with van der Waals surface area (Å²) >= 11 is 0. The second-order valence-electron chi connectivity index (χ2n) is 3.61. The van der Waals surface area contributed by atoms with Gasteiger partial charge in [0, 0.05) is 24.2 Å². The molecule has 0 unspecified atom stereocenters. The highest BCUT2D eigenvalue weighted by atomic mass is 19.3. The minimum absolute atomic E-state index is 0.0755. The minimum Gasteiger partial charge on any atom is -0.388 e. The molecule has 0 fully saturated rings. The summed E-state index contributed by atoms with van der Waals surface area (Å²) in [5.41, 5.74) is 0.916. The van der Waals surface area contributed by atoms with Crippen LogP contribution in [0.3, 0.4) is 0 Å². The van der Waals surface area contributed by atoms with E-state index in [0.29, 0.717) is 0 Å². The SMILES string of the molecule is CNc1ccc(C(F)(F)C(C)C)cc1. The van der Waals surface area contributed by atoms with Gasteiger partial charge in [0.1, 0.15) is 0 Å². The van der Waals surface area contributed by atoms with Crippen molar-refractivity contribution in [3.63, 3.8) is 0 Å².